The second-order valence-electron chi connectivity index (χ2n) is 4.24. The summed E-state index contributed by atoms with van der Waals surface area (Å²) in [7, 11) is 0. The summed E-state index contributed by atoms with van der Waals surface area (Å²) in [6.45, 7) is 0. The van der Waals surface area contributed by atoms with Crippen molar-refractivity contribution in [3.63, 3.8) is 0 Å². The molecule has 0 radical (unpaired) electrons. The molecule has 1 saturated carbocycles. The molecule has 0 bridgehead atoms. The average molecular weight is 265 g/mol. The van der Waals surface area contributed by atoms with E-state index in [4.69, 9.17) is 5.11 Å². The number of carbonyl (C=O) groups is 2. The van der Waals surface area contributed by atoms with Gasteiger partial charge in [-0.2, -0.15) is 0 Å². The molecule has 0 spiro atoms. The molecular weight excluding hydrogens is 250 g/mol. The van der Waals surface area contributed by atoms with Crippen molar-refractivity contribution in [3.8, 4) is 0 Å². The fourth-order valence-corrected chi connectivity index (χ4v) is 2.54. The smallest absolute Gasteiger partial charge is 0.336 e. The summed E-state index contributed by atoms with van der Waals surface area (Å²) in [6, 6.07) is 7.24. The number of benzene rings is 1. The van der Waals surface area contributed by atoms with Crippen molar-refractivity contribution in [2.24, 2.45) is 0 Å². The van der Waals surface area contributed by atoms with Gasteiger partial charge in [0, 0.05) is 23.1 Å². The van der Waals surface area contributed by atoms with Crippen LogP contribution in [-0.4, -0.2) is 28.8 Å². The van der Waals surface area contributed by atoms with Gasteiger partial charge in [0.25, 0.3) is 0 Å². The predicted octanol–water partition coefficient (Wildman–Crippen LogP) is 2.15. The van der Waals surface area contributed by atoms with Gasteiger partial charge in [0.1, 0.15) is 0 Å². The number of carboxylic acids is 1. The molecule has 2 N–H and O–H groups in total. The van der Waals surface area contributed by atoms with Crippen molar-refractivity contribution >= 4 is 23.6 Å². The predicted molar refractivity (Wildman–Crippen MR) is 69.9 cm³/mol. The SMILES string of the molecule is O=C(CCSc1ccccc1C(=O)O)NC1CC1. The van der Waals surface area contributed by atoms with E-state index in [0.717, 1.165) is 12.8 Å². The van der Waals surface area contributed by atoms with Crippen LogP contribution in [0, 0.1) is 0 Å². The van der Waals surface area contributed by atoms with Crippen LogP contribution >= 0.6 is 11.8 Å². The number of carbonyl (C=O) groups excluding carboxylic acids is 1. The van der Waals surface area contributed by atoms with E-state index in [0.29, 0.717) is 28.7 Å². The van der Waals surface area contributed by atoms with Crippen LogP contribution in [0.1, 0.15) is 29.6 Å². The number of thioether (sulfide) groups is 1. The topological polar surface area (TPSA) is 66.4 Å². The molecule has 2 rings (SSSR count). The molecule has 0 aliphatic heterocycles. The van der Waals surface area contributed by atoms with Crippen molar-refractivity contribution in [1.82, 2.24) is 5.32 Å². The quantitative estimate of drug-likeness (QED) is 0.773. The van der Waals surface area contributed by atoms with Gasteiger partial charge < -0.3 is 10.4 Å². The molecule has 5 heteroatoms. The van der Waals surface area contributed by atoms with Gasteiger partial charge in [-0.05, 0) is 25.0 Å². The van der Waals surface area contributed by atoms with Gasteiger partial charge in [0.2, 0.25) is 5.91 Å². The largest absolute Gasteiger partial charge is 0.478 e. The lowest BCUT2D eigenvalue weighted by Gasteiger charge is -2.05. The molecule has 0 heterocycles. The summed E-state index contributed by atoms with van der Waals surface area (Å²) in [4.78, 5) is 23.2. The van der Waals surface area contributed by atoms with Crippen LogP contribution in [0.4, 0.5) is 0 Å². The molecule has 1 aliphatic carbocycles. The Morgan fingerprint density at radius 2 is 2.06 bits per heavy atom. The number of carboxylic acid groups (broad SMARTS) is 1. The minimum Gasteiger partial charge on any atom is -0.478 e. The van der Waals surface area contributed by atoms with E-state index in [1.54, 1.807) is 24.3 Å². The summed E-state index contributed by atoms with van der Waals surface area (Å²) in [5.41, 5.74) is 0.296. The Morgan fingerprint density at radius 1 is 1.33 bits per heavy atom. The van der Waals surface area contributed by atoms with Crippen molar-refractivity contribution in [1.29, 1.82) is 0 Å². The lowest BCUT2D eigenvalue weighted by Crippen LogP contribution is -2.25. The zero-order chi connectivity index (χ0) is 13.0. The highest BCUT2D eigenvalue weighted by atomic mass is 32.2. The third-order valence-electron chi connectivity index (χ3n) is 2.65. The van der Waals surface area contributed by atoms with E-state index in [2.05, 4.69) is 5.32 Å². The Labute approximate surface area is 110 Å². The van der Waals surface area contributed by atoms with Crippen LogP contribution < -0.4 is 5.32 Å². The van der Waals surface area contributed by atoms with Crippen LogP contribution in [0.2, 0.25) is 0 Å². The summed E-state index contributed by atoms with van der Waals surface area (Å²) < 4.78 is 0. The average Bonchev–Trinajstić information content (AvgIpc) is 3.13. The summed E-state index contributed by atoms with van der Waals surface area (Å²) in [6.07, 6.45) is 2.59. The molecule has 1 aromatic carbocycles. The van der Waals surface area contributed by atoms with Gasteiger partial charge in [-0.3, -0.25) is 4.79 Å². The van der Waals surface area contributed by atoms with Crippen molar-refractivity contribution in [2.45, 2.75) is 30.2 Å². The molecule has 0 atom stereocenters. The van der Waals surface area contributed by atoms with Gasteiger partial charge in [0.15, 0.2) is 0 Å². The minimum absolute atomic E-state index is 0.0535. The van der Waals surface area contributed by atoms with E-state index >= 15 is 0 Å². The first-order valence-corrected chi connectivity index (χ1v) is 6.90. The van der Waals surface area contributed by atoms with Crippen LogP contribution in [-0.2, 0) is 4.79 Å². The third-order valence-corrected chi connectivity index (χ3v) is 3.72. The standard InChI is InChI=1S/C13H15NO3S/c15-12(14-9-5-6-9)7-8-18-11-4-2-1-3-10(11)13(16)17/h1-4,9H,5-8H2,(H,14,15)(H,16,17). The van der Waals surface area contributed by atoms with Crippen LogP contribution in [0.25, 0.3) is 0 Å². The van der Waals surface area contributed by atoms with Gasteiger partial charge in [-0.1, -0.05) is 12.1 Å². The third kappa shape index (κ3) is 3.77. The maximum atomic E-state index is 11.5. The molecule has 1 aliphatic rings. The first-order chi connectivity index (χ1) is 8.66. The Balaban J connectivity index is 1.82. The van der Waals surface area contributed by atoms with Gasteiger partial charge in [-0.15, -0.1) is 11.8 Å². The van der Waals surface area contributed by atoms with E-state index < -0.39 is 5.97 Å². The number of rotatable bonds is 6. The van der Waals surface area contributed by atoms with Crippen molar-refractivity contribution < 1.29 is 14.7 Å². The maximum absolute atomic E-state index is 11.5. The summed E-state index contributed by atoms with van der Waals surface area (Å²) in [5.74, 6) is -0.276. The molecule has 0 unspecified atom stereocenters. The van der Waals surface area contributed by atoms with E-state index in [-0.39, 0.29) is 5.91 Å². The maximum Gasteiger partial charge on any atom is 0.336 e. The lowest BCUT2D eigenvalue weighted by atomic mass is 10.2. The van der Waals surface area contributed by atoms with Crippen molar-refractivity contribution in [2.75, 3.05) is 5.75 Å². The number of hydrogen-bond acceptors (Lipinski definition) is 3. The first kappa shape index (κ1) is 13.0. The van der Waals surface area contributed by atoms with E-state index in [1.807, 2.05) is 0 Å². The monoisotopic (exact) mass is 265 g/mol. The zero-order valence-electron chi connectivity index (χ0n) is 9.89. The first-order valence-electron chi connectivity index (χ1n) is 5.91. The number of amides is 1. The fourth-order valence-electron chi connectivity index (χ4n) is 1.55. The summed E-state index contributed by atoms with van der Waals surface area (Å²) >= 11 is 1.41. The molecule has 0 saturated heterocycles. The fraction of sp³-hybridized carbons (Fsp3) is 0.385. The Bertz CT molecular complexity index is 457. The van der Waals surface area contributed by atoms with Gasteiger partial charge in [-0.25, -0.2) is 4.79 Å². The number of hydrogen-bond donors (Lipinski definition) is 2. The molecule has 1 amide bonds. The second kappa shape index (κ2) is 5.91. The number of aromatic carboxylic acids is 1. The molecule has 4 nitrogen and oxygen atoms in total. The summed E-state index contributed by atoms with van der Waals surface area (Å²) in [5, 5.41) is 11.9. The van der Waals surface area contributed by atoms with E-state index in [1.165, 1.54) is 11.8 Å². The lowest BCUT2D eigenvalue weighted by molar-refractivity contribution is -0.120. The Hall–Kier alpha value is -1.49. The molecular formula is C13H15NO3S. The zero-order valence-corrected chi connectivity index (χ0v) is 10.7. The molecule has 1 aromatic rings. The van der Waals surface area contributed by atoms with E-state index in [9.17, 15) is 9.59 Å². The van der Waals surface area contributed by atoms with Crippen LogP contribution in [0.3, 0.4) is 0 Å². The van der Waals surface area contributed by atoms with Gasteiger partial charge in [0.05, 0.1) is 5.56 Å². The highest BCUT2D eigenvalue weighted by Gasteiger charge is 2.22. The molecule has 18 heavy (non-hydrogen) atoms. The minimum atomic E-state index is -0.930. The van der Waals surface area contributed by atoms with Crippen LogP contribution in [0.15, 0.2) is 29.2 Å². The molecule has 96 valence electrons. The van der Waals surface area contributed by atoms with Crippen LogP contribution in [0.5, 0.6) is 0 Å². The highest BCUT2D eigenvalue weighted by Crippen LogP contribution is 2.24. The molecule has 1 fully saturated rings. The Morgan fingerprint density at radius 3 is 2.72 bits per heavy atom. The highest BCUT2D eigenvalue weighted by molar-refractivity contribution is 7.99. The second-order valence-corrected chi connectivity index (χ2v) is 5.38. The van der Waals surface area contributed by atoms with Gasteiger partial charge >= 0.3 is 5.97 Å². The Kier molecular flexibility index (Phi) is 4.25. The van der Waals surface area contributed by atoms with Crippen molar-refractivity contribution in [3.05, 3.63) is 29.8 Å². The number of nitrogens with one attached hydrogen (secondary N) is 1. The molecule has 0 aromatic heterocycles. The normalized spacial score (nSPS) is 14.2.